The quantitative estimate of drug-likeness (QED) is 0.885. The maximum atomic E-state index is 12.1. The van der Waals surface area contributed by atoms with Crippen LogP contribution >= 0.6 is 0 Å². The van der Waals surface area contributed by atoms with E-state index in [9.17, 15) is 18.0 Å². The summed E-state index contributed by atoms with van der Waals surface area (Å²) in [5.74, 6) is 0.360. The molecular formula is C11H13F3N4O. The molecule has 2 N–H and O–H groups in total. The molecule has 1 aliphatic rings. The lowest BCUT2D eigenvalue weighted by molar-refractivity contribution is -0.131. The molecule has 104 valence electrons. The van der Waals surface area contributed by atoms with Crippen LogP contribution in [0.1, 0.15) is 25.8 Å². The minimum atomic E-state index is -4.23. The minimum absolute atomic E-state index is 0.248. The third-order valence-electron chi connectivity index (χ3n) is 2.97. The molecule has 2 heterocycles. The number of nitrogens with one attached hydrogen (secondary N) is 2. The third kappa shape index (κ3) is 2.61. The van der Waals surface area contributed by atoms with Gasteiger partial charge in [0.25, 0.3) is 0 Å². The number of hydrogen-bond acceptors (Lipinski definition) is 4. The number of aromatic nitrogens is 2. The van der Waals surface area contributed by atoms with E-state index in [0.717, 1.165) is 0 Å². The van der Waals surface area contributed by atoms with Gasteiger partial charge in [0.2, 0.25) is 5.91 Å². The molecule has 0 saturated heterocycles. The second kappa shape index (κ2) is 4.36. The summed E-state index contributed by atoms with van der Waals surface area (Å²) in [6.07, 6.45) is -3.99. The summed E-state index contributed by atoms with van der Waals surface area (Å²) in [7, 11) is 0. The first kappa shape index (κ1) is 13.6. The van der Waals surface area contributed by atoms with Crippen LogP contribution in [0.2, 0.25) is 0 Å². The van der Waals surface area contributed by atoms with Crippen molar-refractivity contribution in [2.24, 2.45) is 0 Å². The number of amides is 1. The molecule has 0 unspecified atom stereocenters. The Balaban J connectivity index is 2.21. The van der Waals surface area contributed by atoms with E-state index in [4.69, 9.17) is 0 Å². The molecule has 1 aromatic heterocycles. The van der Waals surface area contributed by atoms with Gasteiger partial charge in [0.1, 0.15) is 18.0 Å². The van der Waals surface area contributed by atoms with Crippen LogP contribution in [-0.4, -0.2) is 28.6 Å². The molecule has 0 spiro atoms. The van der Waals surface area contributed by atoms with Gasteiger partial charge in [-0.2, -0.15) is 13.2 Å². The summed E-state index contributed by atoms with van der Waals surface area (Å²) in [4.78, 5) is 19.6. The highest BCUT2D eigenvalue weighted by Crippen LogP contribution is 2.39. The number of hydrogen-bond donors (Lipinski definition) is 2. The lowest BCUT2D eigenvalue weighted by Crippen LogP contribution is -2.28. The van der Waals surface area contributed by atoms with E-state index >= 15 is 0 Å². The van der Waals surface area contributed by atoms with Crippen molar-refractivity contribution in [3.8, 4) is 0 Å². The van der Waals surface area contributed by atoms with Crippen molar-refractivity contribution in [1.82, 2.24) is 9.97 Å². The number of carbonyl (C=O) groups is 1. The zero-order valence-electron chi connectivity index (χ0n) is 10.4. The van der Waals surface area contributed by atoms with Crippen molar-refractivity contribution in [2.45, 2.75) is 31.9 Å². The molecular weight excluding hydrogens is 261 g/mol. The molecule has 1 aliphatic heterocycles. The van der Waals surface area contributed by atoms with Gasteiger partial charge in [-0.3, -0.25) is 4.79 Å². The summed E-state index contributed by atoms with van der Waals surface area (Å²) in [6.45, 7) is 3.05. The third-order valence-corrected chi connectivity index (χ3v) is 2.97. The number of alkyl halides is 3. The predicted molar refractivity (Wildman–Crippen MR) is 62.8 cm³/mol. The molecule has 19 heavy (non-hydrogen) atoms. The van der Waals surface area contributed by atoms with Crippen LogP contribution < -0.4 is 10.6 Å². The number of carbonyl (C=O) groups excluding carboxylic acids is 1. The van der Waals surface area contributed by atoms with Crippen LogP contribution in [0.5, 0.6) is 0 Å². The minimum Gasteiger partial charge on any atom is -0.369 e. The number of anilines is 2. The monoisotopic (exact) mass is 274 g/mol. The van der Waals surface area contributed by atoms with E-state index < -0.39 is 18.0 Å². The van der Waals surface area contributed by atoms with Crippen molar-refractivity contribution in [3.05, 3.63) is 11.9 Å². The molecule has 0 saturated carbocycles. The Morgan fingerprint density at radius 1 is 1.37 bits per heavy atom. The lowest BCUT2D eigenvalue weighted by Gasteiger charge is -2.18. The Morgan fingerprint density at radius 3 is 2.68 bits per heavy atom. The van der Waals surface area contributed by atoms with E-state index in [2.05, 4.69) is 20.6 Å². The Hall–Kier alpha value is -1.86. The van der Waals surface area contributed by atoms with Gasteiger partial charge in [-0.15, -0.1) is 0 Å². The highest BCUT2D eigenvalue weighted by atomic mass is 19.4. The smallest absolute Gasteiger partial charge is 0.369 e. The van der Waals surface area contributed by atoms with E-state index in [0.29, 0.717) is 11.4 Å². The number of rotatable bonds is 3. The fraction of sp³-hybridized carbons (Fsp3) is 0.545. The Kier molecular flexibility index (Phi) is 3.11. The van der Waals surface area contributed by atoms with Crippen molar-refractivity contribution in [2.75, 3.05) is 17.2 Å². The summed E-state index contributed by atoms with van der Waals surface area (Å²) in [5, 5.41) is 5.20. The van der Waals surface area contributed by atoms with Crippen LogP contribution in [0.3, 0.4) is 0 Å². The maximum Gasteiger partial charge on any atom is 0.390 e. The van der Waals surface area contributed by atoms with Gasteiger partial charge < -0.3 is 10.6 Å². The Labute approximate surface area is 107 Å². The summed E-state index contributed by atoms with van der Waals surface area (Å²) < 4.78 is 36.3. The summed E-state index contributed by atoms with van der Waals surface area (Å²) >= 11 is 0. The molecule has 0 atom stereocenters. The van der Waals surface area contributed by atoms with Crippen molar-refractivity contribution >= 4 is 17.5 Å². The topological polar surface area (TPSA) is 66.9 Å². The molecule has 0 aromatic carbocycles. The average molecular weight is 274 g/mol. The van der Waals surface area contributed by atoms with Crippen molar-refractivity contribution < 1.29 is 18.0 Å². The van der Waals surface area contributed by atoms with Crippen molar-refractivity contribution in [1.29, 1.82) is 0 Å². The van der Waals surface area contributed by atoms with E-state index in [-0.39, 0.29) is 18.3 Å². The first-order valence-corrected chi connectivity index (χ1v) is 5.69. The van der Waals surface area contributed by atoms with Crippen LogP contribution in [0.25, 0.3) is 0 Å². The Morgan fingerprint density at radius 2 is 2.05 bits per heavy atom. The maximum absolute atomic E-state index is 12.1. The first-order chi connectivity index (χ1) is 8.72. The Bertz CT molecular complexity index is 513. The number of fused-ring (bicyclic) bond motifs is 1. The second-order valence-corrected chi connectivity index (χ2v) is 4.82. The van der Waals surface area contributed by atoms with Crippen LogP contribution in [-0.2, 0) is 10.2 Å². The lowest BCUT2D eigenvalue weighted by atomic mass is 9.87. The highest BCUT2D eigenvalue weighted by Gasteiger charge is 2.42. The van der Waals surface area contributed by atoms with E-state index in [1.54, 1.807) is 13.8 Å². The molecule has 5 nitrogen and oxygen atoms in total. The summed E-state index contributed by atoms with van der Waals surface area (Å²) in [5.41, 5.74) is -0.362. The van der Waals surface area contributed by atoms with Crippen LogP contribution in [0.15, 0.2) is 6.33 Å². The van der Waals surface area contributed by atoms with Gasteiger partial charge in [-0.05, 0) is 13.8 Å². The fourth-order valence-corrected chi connectivity index (χ4v) is 1.91. The molecule has 0 bridgehead atoms. The fourth-order valence-electron chi connectivity index (χ4n) is 1.91. The van der Waals surface area contributed by atoms with Gasteiger partial charge in [0.05, 0.1) is 17.4 Å². The highest BCUT2D eigenvalue weighted by molar-refractivity contribution is 6.06. The number of nitrogens with zero attached hydrogens (tertiary/aromatic N) is 2. The normalized spacial score (nSPS) is 17.0. The second-order valence-electron chi connectivity index (χ2n) is 4.82. The van der Waals surface area contributed by atoms with E-state index in [1.807, 2.05) is 0 Å². The van der Waals surface area contributed by atoms with Gasteiger partial charge in [-0.25, -0.2) is 9.97 Å². The molecule has 2 rings (SSSR count). The SMILES string of the molecule is CC1(C)C(=O)Nc2ncnc(NCCC(F)(F)F)c21. The predicted octanol–water partition coefficient (Wildman–Crippen LogP) is 2.07. The van der Waals surface area contributed by atoms with E-state index in [1.165, 1.54) is 6.33 Å². The molecule has 0 aliphatic carbocycles. The van der Waals surface area contributed by atoms with Crippen molar-refractivity contribution in [3.63, 3.8) is 0 Å². The molecule has 0 radical (unpaired) electrons. The largest absolute Gasteiger partial charge is 0.390 e. The van der Waals surface area contributed by atoms with Gasteiger partial charge in [-0.1, -0.05) is 0 Å². The zero-order valence-corrected chi connectivity index (χ0v) is 10.4. The zero-order chi connectivity index (χ0) is 14.3. The van der Waals surface area contributed by atoms with Crippen LogP contribution in [0.4, 0.5) is 24.8 Å². The first-order valence-electron chi connectivity index (χ1n) is 5.69. The summed E-state index contributed by atoms with van der Waals surface area (Å²) in [6, 6.07) is 0. The standard InChI is InChI=1S/C11H13F3N4O/c1-10(2)6-7(15-4-3-11(12,13)14)16-5-17-8(6)18-9(10)19/h5H,3-4H2,1-2H3,(H2,15,16,17,18,19). The molecule has 1 aromatic rings. The average Bonchev–Trinajstić information content (AvgIpc) is 2.49. The number of halogens is 3. The van der Waals surface area contributed by atoms with Gasteiger partial charge >= 0.3 is 6.18 Å². The van der Waals surface area contributed by atoms with Gasteiger partial charge in [0.15, 0.2) is 0 Å². The molecule has 0 fully saturated rings. The van der Waals surface area contributed by atoms with Crippen LogP contribution in [0, 0.1) is 0 Å². The molecule has 1 amide bonds. The molecule has 8 heteroatoms. The van der Waals surface area contributed by atoms with Gasteiger partial charge in [0, 0.05) is 6.54 Å².